The number of halogens is 4. The van der Waals surface area contributed by atoms with Gasteiger partial charge in [-0.2, -0.15) is 13.2 Å². The van der Waals surface area contributed by atoms with Crippen LogP contribution in [-0.2, 0) is 6.18 Å². The van der Waals surface area contributed by atoms with Crippen LogP contribution < -0.4 is 0 Å². The van der Waals surface area contributed by atoms with E-state index in [1.54, 1.807) is 0 Å². The first-order chi connectivity index (χ1) is 11.3. The third-order valence-corrected chi connectivity index (χ3v) is 5.82. The van der Waals surface area contributed by atoms with Gasteiger partial charge < -0.3 is 0 Å². The maximum Gasteiger partial charge on any atom is 0.419 e. The molecule has 24 heavy (non-hydrogen) atoms. The summed E-state index contributed by atoms with van der Waals surface area (Å²) in [7, 11) is 0. The fraction of sp³-hybridized carbons (Fsp3) is 0.600. The molecule has 0 saturated heterocycles. The summed E-state index contributed by atoms with van der Waals surface area (Å²) in [6.45, 7) is 2.31. The summed E-state index contributed by atoms with van der Waals surface area (Å²) < 4.78 is 51.7. The van der Waals surface area contributed by atoms with Gasteiger partial charge in [-0.3, -0.25) is 0 Å². The van der Waals surface area contributed by atoms with Gasteiger partial charge in [0.25, 0.3) is 0 Å². The van der Waals surface area contributed by atoms with Crippen molar-refractivity contribution >= 4 is 5.57 Å². The lowest BCUT2D eigenvalue weighted by Crippen LogP contribution is -2.22. The zero-order valence-electron chi connectivity index (χ0n) is 14.0. The molecule has 4 heteroatoms. The van der Waals surface area contributed by atoms with E-state index in [9.17, 15) is 17.6 Å². The Balaban J connectivity index is 1.68. The monoisotopic (exact) mass is 340 g/mol. The molecule has 0 amide bonds. The molecule has 1 fully saturated rings. The number of allylic oxidation sites excluding steroid dienone is 2. The molecule has 1 saturated carbocycles. The van der Waals surface area contributed by atoms with Crippen LogP contribution in [0.25, 0.3) is 5.57 Å². The number of hydrogen-bond acceptors (Lipinski definition) is 0. The summed E-state index contributed by atoms with van der Waals surface area (Å²) in [6, 6.07) is 3.30. The van der Waals surface area contributed by atoms with E-state index >= 15 is 0 Å². The minimum Gasteiger partial charge on any atom is -0.206 e. The lowest BCUT2D eigenvalue weighted by atomic mass is 9.71. The van der Waals surface area contributed by atoms with Crippen molar-refractivity contribution in [2.24, 2.45) is 17.8 Å². The van der Waals surface area contributed by atoms with Crippen LogP contribution in [0.5, 0.6) is 0 Å². The number of benzene rings is 1. The molecule has 1 aromatic rings. The maximum atomic E-state index is 13.8. The minimum absolute atomic E-state index is 0.594. The van der Waals surface area contributed by atoms with Gasteiger partial charge in [-0.1, -0.05) is 31.9 Å². The molecule has 0 heterocycles. The lowest BCUT2D eigenvalue weighted by molar-refractivity contribution is -0.140. The summed E-state index contributed by atoms with van der Waals surface area (Å²) in [5.41, 5.74) is 0.399. The molecule has 1 atom stereocenters. The van der Waals surface area contributed by atoms with Gasteiger partial charge in [0.05, 0.1) is 5.56 Å². The normalized spacial score (nSPS) is 28.5. The zero-order valence-corrected chi connectivity index (χ0v) is 14.0. The van der Waals surface area contributed by atoms with Crippen LogP contribution in [0.15, 0.2) is 24.3 Å². The predicted octanol–water partition coefficient (Wildman–Crippen LogP) is 6.85. The molecule has 1 unspecified atom stereocenters. The molecule has 1 aromatic carbocycles. The zero-order chi connectivity index (χ0) is 17.3. The highest BCUT2D eigenvalue weighted by Gasteiger charge is 2.34. The molecule has 3 rings (SSSR count). The molecule has 0 nitrogen and oxygen atoms in total. The smallest absolute Gasteiger partial charge is 0.206 e. The van der Waals surface area contributed by atoms with Crippen LogP contribution in [0.2, 0.25) is 0 Å². The van der Waals surface area contributed by atoms with Crippen molar-refractivity contribution in [3.8, 4) is 0 Å². The second-order valence-electron chi connectivity index (χ2n) is 7.48. The number of hydrogen-bond donors (Lipinski definition) is 0. The quantitative estimate of drug-likeness (QED) is 0.516. The Morgan fingerprint density at radius 3 is 2.21 bits per heavy atom. The van der Waals surface area contributed by atoms with E-state index in [-0.39, 0.29) is 0 Å². The average molecular weight is 340 g/mol. The Labute approximate surface area is 141 Å². The fourth-order valence-corrected chi connectivity index (χ4v) is 4.25. The third kappa shape index (κ3) is 3.84. The third-order valence-electron chi connectivity index (χ3n) is 5.82. The molecule has 132 valence electrons. The minimum atomic E-state index is -4.63. The van der Waals surface area contributed by atoms with E-state index in [1.807, 2.05) is 0 Å². The molecule has 0 aliphatic heterocycles. The summed E-state index contributed by atoms with van der Waals surface area (Å²) in [5, 5.41) is 0. The number of alkyl halides is 3. The molecular weight excluding hydrogens is 316 g/mol. The molecule has 0 radical (unpaired) electrons. The Hall–Kier alpha value is -1.32. The highest BCUT2D eigenvalue weighted by molar-refractivity contribution is 5.66. The van der Waals surface area contributed by atoms with Crippen molar-refractivity contribution < 1.29 is 17.6 Å². The second kappa shape index (κ2) is 6.89. The Morgan fingerprint density at radius 1 is 0.958 bits per heavy atom. The van der Waals surface area contributed by atoms with Gasteiger partial charge in [0, 0.05) is 0 Å². The second-order valence-corrected chi connectivity index (χ2v) is 7.48. The van der Waals surface area contributed by atoms with E-state index in [0.29, 0.717) is 11.5 Å². The standard InChI is InChI=1S/C20H24F4/c1-13-2-4-14(5-3-13)15-6-8-16(9-7-15)17-10-11-18(19(21)12-17)20(22,23)24/h8,10-15H,2-7,9H2,1H3. The first-order valence-electron chi connectivity index (χ1n) is 8.90. The van der Waals surface area contributed by atoms with Crippen LogP contribution in [-0.4, -0.2) is 0 Å². The van der Waals surface area contributed by atoms with E-state index in [4.69, 9.17) is 0 Å². The van der Waals surface area contributed by atoms with Crippen molar-refractivity contribution in [1.29, 1.82) is 0 Å². The van der Waals surface area contributed by atoms with E-state index < -0.39 is 17.6 Å². The Bertz CT molecular complexity index is 607. The molecule has 0 N–H and O–H groups in total. The molecule has 0 bridgehead atoms. The fourth-order valence-electron chi connectivity index (χ4n) is 4.25. The van der Waals surface area contributed by atoms with Crippen molar-refractivity contribution in [2.75, 3.05) is 0 Å². The summed E-state index contributed by atoms with van der Waals surface area (Å²) >= 11 is 0. The maximum absolute atomic E-state index is 13.8. The van der Waals surface area contributed by atoms with Crippen molar-refractivity contribution in [3.63, 3.8) is 0 Å². The van der Waals surface area contributed by atoms with E-state index in [2.05, 4.69) is 13.0 Å². The van der Waals surface area contributed by atoms with Gasteiger partial charge in [-0.25, -0.2) is 4.39 Å². The first kappa shape index (κ1) is 17.5. The summed E-state index contributed by atoms with van der Waals surface area (Å²) in [5.74, 6) is 1.12. The molecule has 0 aromatic heterocycles. The Morgan fingerprint density at radius 2 is 1.67 bits per heavy atom. The molecule has 2 aliphatic carbocycles. The lowest BCUT2D eigenvalue weighted by Gasteiger charge is -2.34. The van der Waals surface area contributed by atoms with Crippen LogP contribution in [0.4, 0.5) is 17.6 Å². The van der Waals surface area contributed by atoms with Crippen molar-refractivity contribution in [1.82, 2.24) is 0 Å². The van der Waals surface area contributed by atoms with Gasteiger partial charge in [0.15, 0.2) is 0 Å². The van der Waals surface area contributed by atoms with Gasteiger partial charge in [-0.05, 0) is 73.1 Å². The molecular formula is C20H24F4. The van der Waals surface area contributed by atoms with E-state index in [1.165, 1.54) is 31.7 Å². The van der Waals surface area contributed by atoms with Gasteiger partial charge in [-0.15, -0.1) is 0 Å². The average Bonchev–Trinajstić information content (AvgIpc) is 2.54. The highest BCUT2D eigenvalue weighted by Crippen LogP contribution is 2.41. The highest BCUT2D eigenvalue weighted by atomic mass is 19.4. The Kier molecular flexibility index (Phi) is 5.03. The van der Waals surface area contributed by atoms with Crippen molar-refractivity contribution in [2.45, 2.75) is 58.0 Å². The first-order valence-corrected chi connectivity index (χ1v) is 8.90. The van der Waals surface area contributed by atoms with Crippen LogP contribution in [0, 0.1) is 23.6 Å². The van der Waals surface area contributed by atoms with Gasteiger partial charge in [0.2, 0.25) is 0 Å². The van der Waals surface area contributed by atoms with Crippen LogP contribution in [0.3, 0.4) is 0 Å². The number of rotatable bonds is 2. The van der Waals surface area contributed by atoms with E-state index in [0.717, 1.165) is 48.8 Å². The molecule has 2 aliphatic rings. The van der Waals surface area contributed by atoms with Gasteiger partial charge >= 0.3 is 6.18 Å². The summed E-state index contributed by atoms with van der Waals surface area (Å²) in [4.78, 5) is 0. The van der Waals surface area contributed by atoms with Crippen molar-refractivity contribution in [3.05, 3.63) is 41.2 Å². The van der Waals surface area contributed by atoms with Gasteiger partial charge in [0.1, 0.15) is 5.82 Å². The SMILES string of the molecule is CC1CCC(C2CC=C(c3ccc(C(F)(F)F)c(F)c3)CC2)CC1. The molecule has 0 spiro atoms. The predicted molar refractivity (Wildman–Crippen MR) is 87.8 cm³/mol. The van der Waals surface area contributed by atoms with Crippen LogP contribution >= 0.6 is 0 Å². The van der Waals surface area contributed by atoms with Crippen LogP contribution in [0.1, 0.15) is 63.0 Å². The largest absolute Gasteiger partial charge is 0.419 e. The summed E-state index contributed by atoms with van der Waals surface area (Å²) in [6.07, 6.45) is 5.56. The topological polar surface area (TPSA) is 0 Å².